The fourth-order valence-corrected chi connectivity index (χ4v) is 3.23. The molecule has 1 saturated heterocycles. The van der Waals surface area contributed by atoms with Crippen LogP contribution < -0.4 is 10.2 Å². The van der Waals surface area contributed by atoms with Crippen molar-refractivity contribution in [1.82, 2.24) is 5.32 Å². The van der Waals surface area contributed by atoms with E-state index in [1.54, 1.807) is 16.3 Å². The van der Waals surface area contributed by atoms with Crippen LogP contribution in [0, 0.1) is 13.8 Å². The van der Waals surface area contributed by atoms with E-state index in [9.17, 15) is 9.59 Å². The zero-order valence-corrected chi connectivity index (χ0v) is 13.4. The van der Waals surface area contributed by atoms with Crippen LogP contribution in [0.25, 0.3) is 0 Å². The van der Waals surface area contributed by atoms with E-state index in [0.717, 1.165) is 11.3 Å². The van der Waals surface area contributed by atoms with Gasteiger partial charge in [0.15, 0.2) is 0 Å². The summed E-state index contributed by atoms with van der Waals surface area (Å²) in [7, 11) is 0. The maximum Gasteiger partial charge on any atom is 0.252 e. The SMILES string of the molecule is Cc1ccc(N2CC[C@@H](NC(=O)c3ccsc3)C2=O)cc1C. The lowest BCUT2D eigenvalue weighted by molar-refractivity contribution is -0.118. The first-order valence-corrected chi connectivity index (χ1v) is 8.22. The molecule has 3 rings (SSSR count). The molecule has 1 aromatic heterocycles. The molecule has 2 aromatic rings. The Morgan fingerprint density at radius 3 is 2.77 bits per heavy atom. The first-order valence-electron chi connectivity index (χ1n) is 7.28. The maximum atomic E-state index is 12.5. The molecule has 4 nitrogen and oxygen atoms in total. The summed E-state index contributed by atoms with van der Waals surface area (Å²) in [5.74, 6) is -0.214. The van der Waals surface area contributed by atoms with Gasteiger partial charge in [0.1, 0.15) is 6.04 Å². The van der Waals surface area contributed by atoms with Gasteiger partial charge in [0.2, 0.25) is 5.91 Å². The van der Waals surface area contributed by atoms with Crippen molar-refractivity contribution in [3.05, 3.63) is 51.7 Å². The van der Waals surface area contributed by atoms with E-state index in [0.29, 0.717) is 18.5 Å². The van der Waals surface area contributed by atoms with E-state index in [2.05, 4.69) is 12.2 Å². The van der Waals surface area contributed by atoms with Crippen LogP contribution in [0.2, 0.25) is 0 Å². The predicted octanol–water partition coefficient (Wildman–Crippen LogP) is 2.90. The summed E-state index contributed by atoms with van der Waals surface area (Å²) >= 11 is 1.47. The van der Waals surface area contributed by atoms with Gasteiger partial charge in [-0.15, -0.1) is 0 Å². The Morgan fingerprint density at radius 2 is 2.09 bits per heavy atom. The third-order valence-corrected chi connectivity index (χ3v) is 4.78. The summed E-state index contributed by atoms with van der Waals surface area (Å²) in [5, 5.41) is 6.47. The number of aryl methyl sites for hydroxylation is 2. The number of thiophene rings is 1. The third kappa shape index (κ3) is 2.76. The molecule has 0 aliphatic carbocycles. The zero-order chi connectivity index (χ0) is 15.7. The topological polar surface area (TPSA) is 49.4 Å². The second-order valence-electron chi connectivity index (χ2n) is 5.59. The summed E-state index contributed by atoms with van der Waals surface area (Å²) < 4.78 is 0. The number of amides is 2. The van der Waals surface area contributed by atoms with Gasteiger partial charge in [-0.3, -0.25) is 9.59 Å². The number of anilines is 1. The minimum absolute atomic E-state index is 0.0353. The van der Waals surface area contributed by atoms with Crippen LogP contribution >= 0.6 is 11.3 Å². The van der Waals surface area contributed by atoms with Crippen LogP contribution in [-0.4, -0.2) is 24.4 Å². The second kappa shape index (κ2) is 5.93. The van der Waals surface area contributed by atoms with Crippen LogP contribution in [0.4, 0.5) is 5.69 Å². The average molecular weight is 314 g/mol. The second-order valence-corrected chi connectivity index (χ2v) is 6.37. The van der Waals surface area contributed by atoms with Gasteiger partial charge in [-0.05, 0) is 55.0 Å². The molecule has 1 aromatic carbocycles. The normalized spacial score (nSPS) is 17.8. The fraction of sp³-hybridized carbons (Fsp3) is 0.294. The van der Waals surface area contributed by atoms with Crippen molar-refractivity contribution in [3.63, 3.8) is 0 Å². The number of hydrogen-bond donors (Lipinski definition) is 1. The molecule has 1 atom stereocenters. The smallest absolute Gasteiger partial charge is 0.252 e. The standard InChI is InChI=1S/C17H18N2O2S/c1-11-3-4-14(9-12(11)2)19-7-5-15(17(19)21)18-16(20)13-6-8-22-10-13/h3-4,6,8-10,15H,5,7H2,1-2H3,(H,18,20)/t15-/m1/s1. The van der Waals surface area contributed by atoms with E-state index in [-0.39, 0.29) is 11.8 Å². The van der Waals surface area contributed by atoms with Crippen molar-refractivity contribution < 1.29 is 9.59 Å². The highest BCUT2D eigenvalue weighted by Crippen LogP contribution is 2.24. The molecule has 5 heteroatoms. The predicted molar refractivity (Wildman–Crippen MR) is 88.5 cm³/mol. The van der Waals surface area contributed by atoms with Gasteiger partial charge in [0, 0.05) is 17.6 Å². The minimum Gasteiger partial charge on any atom is -0.340 e. The highest BCUT2D eigenvalue weighted by molar-refractivity contribution is 7.08. The molecule has 1 aliphatic rings. The van der Waals surface area contributed by atoms with Gasteiger partial charge in [0.05, 0.1) is 5.56 Å². The van der Waals surface area contributed by atoms with Crippen LogP contribution in [0.15, 0.2) is 35.0 Å². The molecule has 0 spiro atoms. The van der Waals surface area contributed by atoms with Gasteiger partial charge >= 0.3 is 0 Å². The number of carbonyl (C=O) groups is 2. The molecule has 1 N–H and O–H groups in total. The number of nitrogens with zero attached hydrogens (tertiary/aromatic N) is 1. The van der Waals surface area contributed by atoms with E-state index in [1.807, 2.05) is 30.5 Å². The molecule has 0 unspecified atom stereocenters. The van der Waals surface area contributed by atoms with Crippen LogP contribution in [0.5, 0.6) is 0 Å². The Hall–Kier alpha value is -2.14. The highest BCUT2D eigenvalue weighted by Gasteiger charge is 2.33. The van der Waals surface area contributed by atoms with Crippen molar-refractivity contribution in [2.45, 2.75) is 26.3 Å². The molecule has 1 fully saturated rings. The van der Waals surface area contributed by atoms with Gasteiger partial charge in [0.25, 0.3) is 5.91 Å². The first-order chi connectivity index (χ1) is 10.6. The summed E-state index contributed by atoms with van der Waals surface area (Å²) in [5.41, 5.74) is 3.89. The van der Waals surface area contributed by atoms with E-state index in [4.69, 9.17) is 0 Å². The molecule has 114 valence electrons. The van der Waals surface area contributed by atoms with Gasteiger partial charge < -0.3 is 10.2 Å². The molecule has 2 amide bonds. The number of hydrogen-bond acceptors (Lipinski definition) is 3. The number of nitrogens with one attached hydrogen (secondary N) is 1. The number of benzene rings is 1. The van der Waals surface area contributed by atoms with E-state index >= 15 is 0 Å². The lowest BCUT2D eigenvalue weighted by Crippen LogP contribution is -2.41. The zero-order valence-electron chi connectivity index (χ0n) is 12.6. The van der Waals surface area contributed by atoms with Crippen molar-refractivity contribution in [3.8, 4) is 0 Å². The van der Waals surface area contributed by atoms with E-state index < -0.39 is 6.04 Å². The Labute approximate surface area is 133 Å². The molecular formula is C17H18N2O2S. The fourth-order valence-electron chi connectivity index (χ4n) is 2.60. The quantitative estimate of drug-likeness (QED) is 0.947. The average Bonchev–Trinajstić information content (AvgIpc) is 3.13. The molecule has 22 heavy (non-hydrogen) atoms. The monoisotopic (exact) mass is 314 g/mol. The summed E-state index contributed by atoms with van der Waals surface area (Å²) in [6, 6.07) is 7.34. The Balaban J connectivity index is 1.72. The molecule has 1 aliphatic heterocycles. The van der Waals surface area contributed by atoms with Crippen molar-refractivity contribution in [1.29, 1.82) is 0 Å². The molecule has 2 heterocycles. The molecular weight excluding hydrogens is 296 g/mol. The first kappa shape index (κ1) is 14.8. The Morgan fingerprint density at radius 1 is 1.27 bits per heavy atom. The largest absolute Gasteiger partial charge is 0.340 e. The Bertz CT molecular complexity index is 709. The van der Waals surface area contributed by atoms with Gasteiger partial charge in [-0.25, -0.2) is 0 Å². The summed E-state index contributed by atoms with van der Waals surface area (Å²) in [4.78, 5) is 26.4. The van der Waals surface area contributed by atoms with Crippen LogP contribution in [0.1, 0.15) is 27.9 Å². The molecule has 0 saturated carbocycles. The van der Waals surface area contributed by atoms with Crippen molar-refractivity contribution in [2.75, 3.05) is 11.4 Å². The summed E-state index contributed by atoms with van der Waals surface area (Å²) in [6.45, 7) is 4.72. The van der Waals surface area contributed by atoms with Gasteiger partial charge in [-0.1, -0.05) is 6.07 Å². The lowest BCUT2D eigenvalue weighted by Gasteiger charge is -2.18. The Kier molecular flexibility index (Phi) is 3.98. The maximum absolute atomic E-state index is 12.5. The van der Waals surface area contributed by atoms with Crippen molar-refractivity contribution >= 4 is 28.8 Å². The number of rotatable bonds is 3. The minimum atomic E-state index is -0.436. The van der Waals surface area contributed by atoms with Crippen molar-refractivity contribution in [2.24, 2.45) is 0 Å². The molecule has 0 radical (unpaired) electrons. The lowest BCUT2D eigenvalue weighted by atomic mass is 10.1. The third-order valence-electron chi connectivity index (χ3n) is 4.10. The van der Waals surface area contributed by atoms with Crippen LogP contribution in [0.3, 0.4) is 0 Å². The highest BCUT2D eigenvalue weighted by atomic mass is 32.1. The number of carbonyl (C=O) groups excluding carboxylic acids is 2. The van der Waals surface area contributed by atoms with Gasteiger partial charge in [-0.2, -0.15) is 11.3 Å². The van der Waals surface area contributed by atoms with Crippen LogP contribution in [-0.2, 0) is 4.79 Å². The molecule has 0 bridgehead atoms. The van der Waals surface area contributed by atoms with E-state index in [1.165, 1.54) is 16.9 Å². The summed E-state index contributed by atoms with van der Waals surface area (Å²) in [6.07, 6.45) is 0.641.